The Bertz CT molecular complexity index is 2570. The molecule has 10 atom stereocenters. The number of aromatic nitrogens is 8. The summed E-state index contributed by atoms with van der Waals surface area (Å²) >= 11 is 0. The average Bonchev–Trinajstić information content (AvgIpc) is 4.01. The summed E-state index contributed by atoms with van der Waals surface area (Å²) in [5.74, 6) is -2.41. The topological polar surface area (TPSA) is 291 Å². The van der Waals surface area contributed by atoms with E-state index in [2.05, 4.69) is 40.7 Å². The summed E-state index contributed by atoms with van der Waals surface area (Å²) in [6.07, 6.45) is -1.96. The minimum absolute atomic E-state index is 0.0102. The summed E-state index contributed by atoms with van der Waals surface area (Å²) in [7, 11) is -7.19. The Hall–Kier alpha value is -5.11. The summed E-state index contributed by atoms with van der Waals surface area (Å²) < 4.78 is 60.2. The Kier molecular flexibility index (Phi) is 12.4. The van der Waals surface area contributed by atoms with Crippen LogP contribution >= 0.6 is 16.4 Å². The number of imidazole rings is 1. The van der Waals surface area contributed by atoms with E-state index in [-0.39, 0.29) is 42.7 Å². The molecule has 4 aromatic heterocycles. The van der Waals surface area contributed by atoms with E-state index in [4.69, 9.17) is 32.1 Å². The fraction of sp³-hybridized carbons (Fsp3) is 0.472. The van der Waals surface area contributed by atoms with Gasteiger partial charge in [-0.3, -0.25) is 48.1 Å². The SMILES string of the molecule is CC(C)C(=O)Nc1nc2c(ncn2C2OC3COP(O)OC4C(COP(=O)(OCCC#N)OC2C3C)OC(c2cnn3c(NC(=O)c5ccccc5)ncnc23)C4C)c(=O)[nH]1. The summed E-state index contributed by atoms with van der Waals surface area (Å²) in [5, 5.41) is 19.0. The minimum Gasteiger partial charge on any atom is -0.365 e. The Morgan fingerprint density at radius 1 is 1.08 bits per heavy atom. The molecule has 3 aliphatic rings. The molecule has 5 aromatic rings. The predicted octanol–water partition coefficient (Wildman–Crippen LogP) is 3.79. The molecule has 0 spiro atoms. The molecule has 3 saturated heterocycles. The molecule has 10 unspecified atom stereocenters. The Morgan fingerprint density at radius 3 is 2.66 bits per heavy atom. The summed E-state index contributed by atoms with van der Waals surface area (Å²) in [6.45, 7) is 5.89. The van der Waals surface area contributed by atoms with Crippen LogP contribution in [0.15, 0.2) is 54.0 Å². The van der Waals surface area contributed by atoms with Gasteiger partial charge in [-0.05, 0) is 12.1 Å². The zero-order chi connectivity index (χ0) is 43.0. The zero-order valence-electron chi connectivity index (χ0n) is 33.1. The van der Waals surface area contributed by atoms with Crippen molar-refractivity contribution in [3.63, 3.8) is 0 Å². The average molecular weight is 882 g/mol. The van der Waals surface area contributed by atoms with Crippen molar-refractivity contribution >= 4 is 56.9 Å². The lowest BCUT2D eigenvalue weighted by molar-refractivity contribution is -0.118. The van der Waals surface area contributed by atoms with Crippen LogP contribution in [0, 0.1) is 29.1 Å². The maximum Gasteiger partial charge on any atom is 0.475 e. The first-order chi connectivity index (χ1) is 29.3. The van der Waals surface area contributed by atoms with Crippen LogP contribution in [0.3, 0.4) is 0 Å². The van der Waals surface area contributed by atoms with Crippen molar-refractivity contribution in [2.24, 2.45) is 17.8 Å². The van der Waals surface area contributed by atoms with E-state index in [1.54, 1.807) is 51.1 Å². The third-order valence-corrected chi connectivity index (χ3v) is 12.7. The van der Waals surface area contributed by atoms with Gasteiger partial charge in [0.25, 0.3) is 11.5 Å². The van der Waals surface area contributed by atoms with Crippen LogP contribution in [0.1, 0.15) is 62.4 Å². The molecule has 3 aliphatic heterocycles. The smallest absolute Gasteiger partial charge is 0.365 e. The van der Waals surface area contributed by atoms with Crippen molar-refractivity contribution < 1.29 is 51.1 Å². The van der Waals surface area contributed by atoms with Gasteiger partial charge in [0.1, 0.15) is 24.6 Å². The normalized spacial score (nSPS) is 29.4. The van der Waals surface area contributed by atoms with Gasteiger partial charge in [0.15, 0.2) is 23.0 Å². The molecule has 1 aromatic carbocycles. The van der Waals surface area contributed by atoms with E-state index in [0.29, 0.717) is 16.8 Å². The third kappa shape index (κ3) is 8.69. The number of phosphoric acid groups is 1. The zero-order valence-corrected chi connectivity index (χ0v) is 34.8. The fourth-order valence-corrected chi connectivity index (χ4v) is 9.48. The molecule has 4 N–H and O–H groups in total. The number of carbonyl (C=O) groups is 2. The molecule has 7 heterocycles. The molecule has 61 heavy (non-hydrogen) atoms. The molecule has 8 rings (SSSR count). The number of nitrogens with one attached hydrogen (secondary N) is 3. The van der Waals surface area contributed by atoms with Crippen LogP contribution < -0.4 is 16.2 Å². The van der Waals surface area contributed by atoms with Crippen molar-refractivity contribution in [2.45, 2.75) is 70.9 Å². The lowest BCUT2D eigenvalue weighted by Gasteiger charge is -2.28. The molecular weight excluding hydrogens is 840 g/mol. The Labute approximate surface area is 347 Å². The number of fused-ring (bicyclic) bond motifs is 5. The first-order valence-corrected chi connectivity index (χ1v) is 21.8. The molecular formula is C36H41N11O12P2. The lowest BCUT2D eigenvalue weighted by atomic mass is 9.95. The van der Waals surface area contributed by atoms with E-state index in [1.165, 1.54) is 27.9 Å². The van der Waals surface area contributed by atoms with Crippen molar-refractivity contribution in [1.82, 2.24) is 39.1 Å². The second-order valence-electron chi connectivity index (χ2n) is 14.8. The maximum absolute atomic E-state index is 14.7. The molecule has 0 aliphatic carbocycles. The fourth-order valence-electron chi connectivity index (χ4n) is 7.17. The van der Waals surface area contributed by atoms with Gasteiger partial charge in [-0.25, -0.2) is 19.5 Å². The van der Waals surface area contributed by atoms with E-state index < -0.39 is 94.9 Å². The first kappa shape index (κ1) is 42.6. The number of nitriles is 1. The van der Waals surface area contributed by atoms with Crippen LogP contribution in [0.4, 0.5) is 11.9 Å². The third-order valence-electron chi connectivity index (χ3n) is 10.4. The monoisotopic (exact) mass is 881 g/mol. The number of benzene rings is 1. The number of hydrogen-bond donors (Lipinski definition) is 4. The van der Waals surface area contributed by atoms with Gasteiger partial charge in [0.05, 0.1) is 57.0 Å². The highest BCUT2D eigenvalue weighted by atomic mass is 31.2. The highest BCUT2D eigenvalue weighted by molar-refractivity contribution is 7.48. The Morgan fingerprint density at radius 2 is 1.89 bits per heavy atom. The molecule has 2 bridgehead atoms. The number of amides is 2. The second kappa shape index (κ2) is 17.7. The van der Waals surface area contributed by atoms with Gasteiger partial charge in [-0.1, -0.05) is 45.9 Å². The standard InChI is InChI=1S/C36H41N11O12P2/c1-18(2)31(48)43-35-42-30-25(33(50)44-35)40-17-46(30)34-28-19(3)23(57-34)14-53-60(51)58-27-20(4)26(56-24(27)15-55-61(52,59-28)54-12-8-11-37)22-13-41-47-29(22)38-16-39-36(47)45-32(49)21-9-6-5-7-10-21/h5-7,9-10,13,16-20,23-24,26-28,34,51H,8,12,14-15H2,1-4H3,(H,38,39,45,49)(H2,42,43,44,48,50). The van der Waals surface area contributed by atoms with Gasteiger partial charge in [0.2, 0.25) is 17.8 Å². The summed E-state index contributed by atoms with van der Waals surface area (Å²) in [5.41, 5.74) is 0.501. The molecule has 2 amide bonds. The van der Waals surface area contributed by atoms with Crippen LogP contribution in [0.25, 0.3) is 16.8 Å². The van der Waals surface area contributed by atoms with Crippen LogP contribution in [-0.2, 0) is 41.5 Å². The van der Waals surface area contributed by atoms with Gasteiger partial charge < -0.3 is 23.4 Å². The van der Waals surface area contributed by atoms with Gasteiger partial charge >= 0.3 is 16.4 Å². The molecule has 25 heteroatoms. The van der Waals surface area contributed by atoms with Crippen molar-refractivity contribution in [3.05, 3.63) is 70.7 Å². The first-order valence-electron chi connectivity index (χ1n) is 19.2. The number of nitrogens with zero attached hydrogens (tertiary/aromatic N) is 8. The van der Waals surface area contributed by atoms with Crippen LogP contribution in [0.2, 0.25) is 0 Å². The molecule has 322 valence electrons. The Balaban J connectivity index is 1.08. The van der Waals surface area contributed by atoms with E-state index in [0.717, 1.165) is 0 Å². The van der Waals surface area contributed by atoms with Crippen LogP contribution in [0.5, 0.6) is 0 Å². The van der Waals surface area contributed by atoms with Crippen molar-refractivity contribution in [2.75, 3.05) is 30.5 Å². The van der Waals surface area contributed by atoms with E-state index in [9.17, 15) is 29.1 Å². The summed E-state index contributed by atoms with van der Waals surface area (Å²) in [4.78, 5) is 69.5. The number of rotatable bonds is 9. The van der Waals surface area contributed by atoms with Crippen molar-refractivity contribution in [1.29, 1.82) is 5.26 Å². The highest BCUT2D eigenvalue weighted by Gasteiger charge is 2.52. The second-order valence-corrected chi connectivity index (χ2v) is 17.3. The van der Waals surface area contributed by atoms with Crippen LogP contribution in [-0.4, -0.2) is 100 Å². The number of H-pyrrole nitrogens is 1. The minimum atomic E-state index is -4.61. The molecule has 0 saturated carbocycles. The quantitative estimate of drug-likeness (QED) is 0.121. The van der Waals surface area contributed by atoms with Gasteiger partial charge in [-0.15, -0.1) is 0 Å². The van der Waals surface area contributed by atoms with E-state index in [1.807, 2.05) is 13.0 Å². The summed E-state index contributed by atoms with van der Waals surface area (Å²) in [6, 6.07) is 10.5. The van der Waals surface area contributed by atoms with E-state index >= 15 is 0 Å². The maximum atomic E-state index is 14.7. The molecule has 23 nitrogen and oxygen atoms in total. The largest absolute Gasteiger partial charge is 0.475 e. The van der Waals surface area contributed by atoms with Gasteiger partial charge in [0, 0.05) is 28.9 Å². The predicted molar refractivity (Wildman–Crippen MR) is 211 cm³/mol. The number of hydrogen-bond acceptors (Lipinski definition) is 18. The van der Waals surface area contributed by atoms with Crippen molar-refractivity contribution in [3.8, 4) is 6.07 Å². The van der Waals surface area contributed by atoms with Gasteiger partial charge in [-0.2, -0.15) is 19.9 Å². The number of carbonyl (C=O) groups excluding carboxylic acids is 2. The number of anilines is 2. The lowest BCUT2D eigenvalue weighted by Crippen LogP contribution is -2.32. The number of aromatic amines is 1. The highest BCUT2D eigenvalue weighted by Crippen LogP contribution is 2.57. The molecule has 0 radical (unpaired) electrons. The number of ether oxygens (including phenoxy) is 2. The molecule has 3 fully saturated rings. The number of phosphoric ester groups is 1.